The molecule has 3 aromatic rings. The van der Waals surface area contributed by atoms with Gasteiger partial charge in [0.15, 0.2) is 16.8 Å². The van der Waals surface area contributed by atoms with Gasteiger partial charge in [-0.1, -0.05) is 58.9 Å². The Balaban J connectivity index is 1.60. The lowest BCUT2D eigenvalue weighted by Crippen LogP contribution is -2.08. The highest BCUT2D eigenvalue weighted by atomic mass is 79.9. The van der Waals surface area contributed by atoms with Crippen molar-refractivity contribution in [1.29, 1.82) is 0 Å². The molecule has 0 spiro atoms. The monoisotopic (exact) mass is 459 g/mol. The van der Waals surface area contributed by atoms with E-state index in [1.807, 2.05) is 47.9 Å². The fraction of sp³-hybridized carbons (Fsp3) is 0.286. The van der Waals surface area contributed by atoms with Gasteiger partial charge in [-0.3, -0.25) is 4.79 Å². The number of aryl methyl sites for hydroxylation is 1. The zero-order valence-electron chi connectivity index (χ0n) is 15.9. The van der Waals surface area contributed by atoms with Crippen LogP contribution in [0.15, 0.2) is 58.2 Å². The molecule has 0 unspecified atom stereocenters. The molecule has 5 nitrogen and oxygen atoms in total. The van der Waals surface area contributed by atoms with Crippen molar-refractivity contribution in [2.24, 2.45) is 0 Å². The lowest BCUT2D eigenvalue weighted by Gasteiger charge is -2.09. The summed E-state index contributed by atoms with van der Waals surface area (Å²) in [6, 6.07) is 15.4. The summed E-state index contributed by atoms with van der Waals surface area (Å²) >= 11 is 4.78. The van der Waals surface area contributed by atoms with Crippen LogP contribution in [0.5, 0.6) is 5.75 Å². The van der Waals surface area contributed by atoms with E-state index in [1.54, 1.807) is 0 Å². The minimum Gasteiger partial charge on any atom is -0.486 e. The van der Waals surface area contributed by atoms with Gasteiger partial charge in [0, 0.05) is 16.6 Å². The zero-order valence-corrected chi connectivity index (χ0v) is 18.3. The highest BCUT2D eigenvalue weighted by Gasteiger charge is 2.14. The van der Waals surface area contributed by atoms with Crippen LogP contribution < -0.4 is 4.74 Å². The molecule has 0 bridgehead atoms. The van der Waals surface area contributed by atoms with E-state index in [2.05, 4.69) is 45.2 Å². The second-order valence-electron chi connectivity index (χ2n) is 6.15. The Morgan fingerprint density at radius 3 is 2.43 bits per heavy atom. The van der Waals surface area contributed by atoms with Crippen LogP contribution >= 0.6 is 27.7 Å². The summed E-state index contributed by atoms with van der Waals surface area (Å²) in [5.74, 6) is 1.94. The molecule has 0 fully saturated rings. The Bertz CT molecular complexity index is 924. The Morgan fingerprint density at radius 2 is 1.79 bits per heavy atom. The van der Waals surface area contributed by atoms with Crippen LogP contribution in [0, 0.1) is 0 Å². The first-order valence-corrected chi connectivity index (χ1v) is 10.9. The quantitative estimate of drug-likeness (QED) is 0.326. The molecule has 0 aliphatic heterocycles. The third-order valence-electron chi connectivity index (χ3n) is 4.31. The molecule has 0 aliphatic rings. The Hall–Kier alpha value is -2.12. The van der Waals surface area contributed by atoms with E-state index in [0.717, 1.165) is 34.2 Å². The number of ketones is 1. The van der Waals surface area contributed by atoms with E-state index in [9.17, 15) is 4.79 Å². The summed E-state index contributed by atoms with van der Waals surface area (Å²) in [5, 5.41) is 9.22. The fourth-order valence-corrected chi connectivity index (χ4v) is 3.85. The third kappa shape index (κ3) is 5.23. The summed E-state index contributed by atoms with van der Waals surface area (Å²) in [5.41, 5.74) is 1.97. The van der Waals surface area contributed by atoms with E-state index in [-0.39, 0.29) is 5.78 Å². The number of hydrogen-bond acceptors (Lipinski definition) is 5. The number of ether oxygens (including phenoxy) is 1. The predicted molar refractivity (Wildman–Crippen MR) is 115 cm³/mol. The van der Waals surface area contributed by atoms with E-state index in [1.165, 1.54) is 17.3 Å². The SMILES string of the molecule is CCc1ccc(OCc2nnc(SCC(=O)c3ccc(Br)cc3)n2CC)cc1. The van der Waals surface area contributed by atoms with Crippen LogP contribution in [0.25, 0.3) is 0 Å². The fourth-order valence-electron chi connectivity index (χ4n) is 2.67. The van der Waals surface area contributed by atoms with Crippen molar-refractivity contribution >= 4 is 33.5 Å². The minimum absolute atomic E-state index is 0.0666. The molecular weight excluding hydrogens is 438 g/mol. The largest absolute Gasteiger partial charge is 0.486 e. The third-order valence-corrected chi connectivity index (χ3v) is 5.80. The van der Waals surface area contributed by atoms with E-state index >= 15 is 0 Å². The number of Topliss-reactive ketones (excluding diaryl/α,β-unsaturated/α-hetero) is 1. The van der Waals surface area contributed by atoms with Crippen LogP contribution in [0.1, 0.15) is 35.6 Å². The van der Waals surface area contributed by atoms with Crippen LogP contribution in [0.3, 0.4) is 0 Å². The van der Waals surface area contributed by atoms with E-state index in [4.69, 9.17) is 4.74 Å². The van der Waals surface area contributed by atoms with Crippen molar-refractivity contribution < 1.29 is 9.53 Å². The summed E-state index contributed by atoms with van der Waals surface area (Å²) < 4.78 is 8.79. The van der Waals surface area contributed by atoms with Crippen molar-refractivity contribution in [3.8, 4) is 5.75 Å². The Morgan fingerprint density at radius 1 is 1.07 bits per heavy atom. The van der Waals surface area contributed by atoms with Gasteiger partial charge in [-0.25, -0.2) is 0 Å². The molecule has 7 heteroatoms. The first-order chi connectivity index (χ1) is 13.6. The lowest BCUT2D eigenvalue weighted by atomic mass is 10.2. The van der Waals surface area contributed by atoms with Crippen LogP contribution in [-0.4, -0.2) is 26.3 Å². The number of aromatic nitrogens is 3. The van der Waals surface area contributed by atoms with Gasteiger partial charge in [0.25, 0.3) is 0 Å². The van der Waals surface area contributed by atoms with Crippen molar-refractivity contribution in [2.75, 3.05) is 5.75 Å². The highest BCUT2D eigenvalue weighted by Crippen LogP contribution is 2.21. The number of benzene rings is 2. The maximum atomic E-state index is 12.4. The standard InChI is InChI=1S/C21H22BrN3O2S/c1-3-15-5-11-18(12-6-15)27-13-20-23-24-21(25(20)4-2)28-14-19(26)16-7-9-17(22)10-8-16/h5-12H,3-4,13-14H2,1-2H3. The normalized spacial score (nSPS) is 10.8. The number of rotatable bonds is 9. The van der Waals surface area contributed by atoms with Gasteiger partial charge in [-0.05, 0) is 43.2 Å². The molecule has 0 radical (unpaired) electrons. The maximum Gasteiger partial charge on any atom is 0.191 e. The summed E-state index contributed by atoms with van der Waals surface area (Å²) in [7, 11) is 0. The van der Waals surface area contributed by atoms with Crippen LogP contribution in [0.4, 0.5) is 0 Å². The summed E-state index contributed by atoms with van der Waals surface area (Å²) in [6.45, 7) is 5.21. The van der Waals surface area contributed by atoms with Crippen molar-refractivity contribution in [1.82, 2.24) is 14.8 Å². The summed E-state index contributed by atoms with van der Waals surface area (Å²) in [4.78, 5) is 12.4. The van der Waals surface area contributed by atoms with Gasteiger partial charge in [0.1, 0.15) is 12.4 Å². The molecule has 0 N–H and O–H groups in total. The molecule has 28 heavy (non-hydrogen) atoms. The molecule has 0 atom stereocenters. The van der Waals surface area contributed by atoms with Crippen LogP contribution in [-0.2, 0) is 19.6 Å². The lowest BCUT2D eigenvalue weighted by molar-refractivity contribution is 0.102. The molecular formula is C21H22BrN3O2S. The van der Waals surface area contributed by atoms with E-state index in [0.29, 0.717) is 17.9 Å². The van der Waals surface area contributed by atoms with E-state index < -0.39 is 0 Å². The molecule has 2 aromatic carbocycles. The number of nitrogens with zero attached hydrogens (tertiary/aromatic N) is 3. The van der Waals surface area contributed by atoms with Gasteiger partial charge >= 0.3 is 0 Å². The second-order valence-corrected chi connectivity index (χ2v) is 8.01. The first-order valence-electron chi connectivity index (χ1n) is 9.16. The predicted octanol–water partition coefficient (Wildman–Crippen LogP) is 5.18. The maximum absolute atomic E-state index is 12.4. The molecule has 0 aliphatic carbocycles. The number of halogens is 1. The Kier molecular flexibility index (Phi) is 7.28. The average molecular weight is 460 g/mol. The number of carbonyl (C=O) groups excluding carboxylic acids is 1. The summed E-state index contributed by atoms with van der Waals surface area (Å²) in [6.07, 6.45) is 1.00. The van der Waals surface area contributed by atoms with Crippen LogP contribution in [0.2, 0.25) is 0 Å². The molecule has 146 valence electrons. The average Bonchev–Trinajstić information content (AvgIpc) is 3.13. The number of carbonyl (C=O) groups is 1. The molecule has 0 saturated carbocycles. The van der Waals surface area contributed by atoms with Gasteiger partial charge < -0.3 is 9.30 Å². The highest BCUT2D eigenvalue weighted by molar-refractivity contribution is 9.10. The smallest absolute Gasteiger partial charge is 0.191 e. The van der Waals surface area contributed by atoms with Crippen molar-refractivity contribution in [3.63, 3.8) is 0 Å². The Labute approximate surface area is 177 Å². The molecule has 0 amide bonds. The molecule has 1 heterocycles. The molecule has 0 saturated heterocycles. The van der Waals surface area contributed by atoms with Gasteiger partial charge in [0.05, 0.1) is 5.75 Å². The van der Waals surface area contributed by atoms with Gasteiger partial charge in [-0.15, -0.1) is 10.2 Å². The number of hydrogen-bond donors (Lipinski definition) is 0. The molecule has 1 aromatic heterocycles. The topological polar surface area (TPSA) is 57.0 Å². The van der Waals surface area contributed by atoms with Crippen molar-refractivity contribution in [3.05, 3.63) is 70.0 Å². The number of thioether (sulfide) groups is 1. The first kappa shape index (κ1) is 20.6. The minimum atomic E-state index is 0.0666. The second kappa shape index (κ2) is 9.89. The van der Waals surface area contributed by atoms with Gasteiger partial charge in [0.2, 0.25) is 0 Å². The van der Waals surface area contributed by atoms with Crippen molar-refractivity contribution in [2.45, 2.75) is 38.6 Å². The zero-order chi connectivity index (χ0) is 19.9. The van der Waals surface area contributed by atoms with Gasteiger partial charge in [-0.2, -0.15) is 0 Å². The molecule has 3 rings (SSSR count).